The molecule has 0 atom stereocenters. The van der Waals surface area contributed by atoms with Gasteiger partial charge in [0.05, 0.1) is 34.8 Å². The third-order valence-corrected chi connectivity index (χ3v) is 9.94. The average molecular weight is 709 g/mol. The average Bonchev–Trinajstić information content (AvgIpc) is 3.61. The van der Waals surface area contributed by atoms with E-state index in [9.17, 15) is 5.11 Å². The molecule has 2 heterocycles. The number of rotatable bonds is 6. The van der Waals surface area contributed by atoms with E-state index in [0.29, 0.717) is 22.6 Å². The normalized spacial score (nSPS) is 13.3. The maximum absolute atomic E-state index is 11.3. The van der Waals surface area contributed by atoms with Crippen LogP contribution in [0, 0.1) is 0 Å². The highest BCUT2D eigenvalue weighted by Gasteiger charge is 2.26. The summed E-state index contributed by atoms with van der Waals surface area (Å²) in [6, 6.07) is 38.6. The molecule has 0 spiro atoms. The summed E-state index contributed by atoms with van der Waals surface area (Å²) in [5.74, 6) is 0.745. The van der Waals surface area contributed by atoms with Gasteiger partial charge < -0.3 is 5.11 Å². The van der Waals surface area contributed by atoms with Gasteiger partial charge in [-0.3, -0.25) is 9.55 Å². The standard InChI is InChI=1S/C50H45N3O/c1-49(2,3)39-29-37(28-38(30-39)43-32-36(26-27-51-43)34-18-11-8-12-19-34)40-21-15-22-45-47(40)52-48(41-20-13-14-23-46(41)54)53(45)44-25-24-35(31-42(44)50(4,5)6)33-16-9-7-10-17-33/h7-32,54H,1-6H3/i8D,11D,12D,18D,19D. The van der Waals surface area contributed by atoms with E-state index in [1.54, 1.807) is 24.4 Å². The molecule has 0 aliphatic rings. The molecule has 4 nitrogen and oxygen atoms in total. The van der Waals surface area contributed by atoms with Crippen molar-refractivity contribution in [2.45, 2.75) is 52.4 Å². The Hall–Kier alpha value is -6.26. The van der Waals surface area contributed by atoms with Crippen LogP contribution in [0.3, 0.4) is 0 Å². The number of phenols is 1. The van der Waals surface area contributed by atoms with Crippen molar-refractivity contribution >= 4 is 11.0 Å². The monoisotopic (exact) mass is 708 g/mol. The van der Waals surface area contributed by atoms with E-state index in [1.165, 1.54) is 0 Å². The first-order valence-electron chi connectivity index (χ1n) is 20.7. The molecule has 0 bridgehead atoms. The largest absolute Gasteiger partial charge is 0.507 e. The van der Waals surface area contributed by atoms with Crippen LogP contribution in [0.4, 0.5) is 0 Å². The number of nitrogens with zero attached hydrogens (tertiary/aromatic N) is 3. The van der Waals surface area contributed by atoms with Gasteiger partial charge in [-0.15, -0.1) is 0 Å². The lowest BCUT2D eigenvalue weighted by Crippen LogP contribution is -2.16. The minimum absolute atomic E-state index is 0.130. The van der Waals surface area contributed by atoms with Crippen molar-refractivity contribution in [2.24, 2.45) is 0 Å². The number of phenolic OH excluding ortho intramolecular Hbond substituents is 1. The lowest BCUT2D eigenvalue weighted by molar-refractivity contribution is 0.477. The van der Waals surface area contributed by atoms with Gasteiger partial charge >= 0.3 is 0 Å². The van der Waals surface area contributed by atoms with E-state index in [0.717, 1.165) is 55.7 Å². The van der Waals surface area contributed by atoms with Gasteiger partial charge in [0.2, 0.25) is 0 Å². The van der Waals surface area contributed by atoms with Crippen molar-refractivity contribution in [1.29, 1.82) is 0 Å². The smallest absolute Gasteiger partial charge is 0.149 e. The summed E-state index contributed by atoms with van der Waals surface area (Å²) in [5, 5.41) is 11.3. The summed E-state index contributed by atoms with van der Waals surface area (Å²) < 4.78 is 44.0. The van der Waals surface area contributed by atoms with Crippen LogP contribution in [0.5, 0.6) is 5.75 Å². The van der Waals surface area contributed by atoms with Gasteiger partial charge in [0.15, 0.2) is 0 Å². The van der Waals surface area contributed by atoms with Crippen LogP contribution in [-0.4, -0.2) is 19.6 Å². The molecule has 2 aromatic heterocycles. The highest BCUT2D eigenvalue weighted by molar-refractivity contribution is 5.97. The Morgan fingerprint density at radius 3 is 2.02 bits per heavy atom. The van der Waals surface area contributed by atoms with Gasteiger partial charge in [-0.1, -0.05) is 138 Å². The van der Waals surface area contributed by atoms with E-state index in [1.807, 2.05) is 30.3 Å². The highest BCUT2D eigenvalue weighted by atomic mass is 16.3. The molecule has 54 heavy (non-hydrogen) atoms. The predicted octanol–water partition coefficient (Wildman–Crippen LogP) is 13.1. The SMILES string of the molecule is [2H]c1c([2H])c([2H])c(-c2ccnc(-c3cc(-c4cccc5c4nc(-c4ccccc4O)n5-c4ccc(-c5ccccc5)cc4C(C)(C)C)cc(C(C)(C)C)c3)c2)c([2H])c1[2H]. The van der Waals surface area contributed by atoms with Gasteiger partial charge in [0.1, 0.15) is 11.6 Å². The van der Waals surface area contributed by atoms with Crippen LogP contribution >= 0.6 is 0 Å². The van der Waals surface area contributed by atoms with Crippen molar-refractivity contribution in [1.82, 2.24) is 14.5 Å². The zero-order valence-electron chi connectivity index (χ0n) is 36.4. The molecule has 8 aromatic rings. The van der Waals surface area contributed by atoms with Crippen molar-refractivity contribution in [3.05, 3.63) is 169 Å². The van der Waals surface area contributed by atoms with E-state index in [4.69, 9.17) is 16.8 Å². The molecular formula is C50H45N3O. The molecule has 0 amide bonds. The number of benzene rings is 6. The molecule has 6 aromatic carbocycles. The Morgan fingerprint density at radius 2 is 1.28 bits per heavy atom. The Morgan fingerprint density at radius 1 is 0.574 bits per heavy atom. The topological polar surface area (TPSA) is 50.9 Å². The van der Waals surface area contributed by atoms with E-state index < -0.39 is 6.04 Å². The molecule has 0 unspecified atom stereocenters. The number of aromatic nitrogens is 3. The number of imidazole rings is 1. The molecule has 0 saturated carbocycles. The number of para-hydroxylation sites is 2. The predicted molar refractivity (Wildman–Crippen MR) is 225 cm³/mol. The van der Waals surface area contributed by atoms with Crippen LogP contribution in [0.1, 0.15) is 59.5 Å². The summed E-state index contributed by atoms with van der Waals surface area (Å²) in [6.45, 7) is 13.1. The zero-order chi connectivity index (χ0) is 42.0. The molecule has 0 aliphatic carbocycles. The summed E-state index contributed by atoms with van der Waals surface area (Å²) in [5.41, 5.74) is 11.0. The second kappa shape index (κ2) is 13.6. The third kappa shape index (κ3) is 6.60. The molecule has 8 rings (SSSR count). The van der Waals surface area contributed by atoms with Crippen molar-refractivity contribution in [3.63, 3.8) is 0 Å². The molecule has 266 valence electrons. The highest BCUT2D eigenvalue weighted by Crippen LogP contribution is 2.42. The third-order valence-electron chi connectivity index (χ3n) is 9.94. The fourth-order valence-corrected chi connectivity index (χ4v) is 7.06. The number of hydrogen-bond donors (Lipinski definition) is 1. The maximum atomic E-state index is 11.3. The van der Waals surface area contributed by atoms with Crippen molar-refractivity contribution in [2.75, 3.05) is 0 Å². The van der Waals surface area contributed by atoms with Crippen LogP contribution < -0.4 is 0 Å². The minimum atomic E-state index is -0.429. The molecule has 0 fully saturated rings. The number of hydrogen-bond acceptors (Lipinski definition) is 3. The van der Waals surface area contributed by atoms with Gasteiger partial charge in [-0.25, -0.2) is 4.98 Å². The van der Waals surface area contributed by atoms with Gasteiger partial charge in [-0.05, 0) is 104 Å². The first-order valence-corrected chi connectivity index (χ1v) is 18.2. The van der Waals surface area contributed by atoms with Crippen molar-refractivity contribution in [3.8, 4) is 67.5 Å². The van der Waals surface area contributed by atoms with Crippen molar-refractivity contribution < 1.29 is 12.0 Å². The Balaban J connectivity index is 1.37. The molecule has 0 radical (unpaired) electrons. The van der Waals surface area contributed by atoms with Crippen LogP contribution in [0.15, 0.2) is 158 Å². The number of fused-ring (bicyclic) bond motifs is 1. The lowest BCUT2D eigenvalue weighted by Gasteiger charge is -2.25. The summed E-state index contributed by atoms with van der Waals surface area (Å²) in [7, 11) is 0. The number of aromatic hydroxyl groups is 1. The summed E-state index contributed by atoms with van der Waals surface area (Å²) in [6.07, 6.45) is 1.62. The Kier molecular flexibility index (Phi) is 7.37. The fourth-order valence-electron chi connectivity index (χ4n) is 7.06. The summed E-state index contributed by atoms with van der Waals surface area (Å²) in [4.78, 5) is 10.1. The molecule has 1 N–H and O–H groups in total. The van der Waals surface area contributed by atoms with E-state index in [2.05, 4.69) is 119 Å². The first kappa shape index (κ1) is 29.2. The molecular weight excluding hydrogens is 659 g/mol. The molecule has 0 saturated heterocycles. The maximum Gasteiger partial charge on any atom is 0.149 e. The van der Waals surface area contributed by atoms with Crippen LogP contribution in [0.2, 0.25) is 0 Å². The van der Waals surface area contributed by atoms with E-state index in [-0.39, 0.29) is 46.3 Å². The fraction of sp³-hybridized carbons (Fsp3) is 0.160. The van der Waals surface area contributed by atoms with Crippen LogP contribution in [0.25, 0.3) is 72.7 Å². The van der Waals surface area contributed by atoms with E-state index >= 15 is 0 Å². The van der Waals surface area contributed by atoms with Gasteiger partial charge in [0.25, 0.3) is 0 Å². The van der Waals surface area contributed by atoms with Crippen LogP contribution in [-0.2, 0) is 10.8 Å². The zero-order valence-corrected chi connectivity index (χ0v) is 31.4. The van der Waals surface area contributed by atoms with Gasteiger partial charge in [0, 0.05) is 17.3 Å². The minimum Gasteiger partial charge on any atom is -0.507 e. The quantitative estimate of drug-likeness (QED) is 0.187. The lowest BCUT2D eigenvalue weighted by atomic mass is 9.83. The Labute approximate surface area is 325 Å². The number of pyridine rings is 1. The second-order valence-corrected chi connectivity index (χ2v) is 15.8. The molecule has 0 aliphatic heterocycles. The molecule has 4 heteroatoms. The first-order chi connectivity index (χ1) is 28.0. The Bertz CT molecular complexity index is 2890. The second-order valence-electron chi connectivity index (χ2n) is 15.8. The summed E-state index contributed by atoms with van der Waals surface area (Å²) >= 11 is 0. The van der Waals surface area contributed by atoms with Gasteiger partial charge in [-0.2, -0.15) is 0 Å².